The van der Waals surface area contributed by atoms with Gasteiger partial charge in [-0.1, -0.05) is 10.4 Å². The first-order valence-electron chi connectivity index (χ1n) is 8.89. The van der Waals surface area contributed by atoms with E-state index >= 15 is 0 Å². The minimum absolute atomic E-state index is 0.0391. The van der Waals surface area contributed by atoms with Crippen molar-refractivity contribution >= 4 is 11.0 Å². The normalized spacial score (nSPS) is 11.9. The Morgan fingerprint density at radius 3 is 2.71 bits per heavy atom. The first-order chi connectivity index (χ1) is 13.4. The molecule has 2 aromatic carbocycles. The van der Waals surface area contributed by atoms with Gasteiger partial charge in [0.05, 0.1) is 24.8 Å². The number of fused-ring (bicyclic) bond motifs is 1. The molecule has 0 aliphatic carbocycles. The molecule has 28 heavy (non-hydrogen) atoms. The highest BCUT2D eigenvalue weighted by Gasteiger charge is 2.23. The number of nitrogens with zero attached hydrogens (tertiary/aromatic N) is 5. The number of aryl methyl sites for hydroxylation is 1. The van der Waals surface area contributed by atoms with Crippen LogP contribution in [0, 0.1) is 6.92 Å². The Labute approximate surface area is 161 Å². The molecule has 0 bridgehead atoms. The van der Waals surface area contributed by atoms with E-state index in [1.165, 1.54) is 0 Å². The molecule has 0 amide bonds. The lowest BCUT2D eigenvalue weighted by atomic mass is 10.1. The largest absolute Gasteiger partial charge is 0.497 e. The number of aliphatic hydroxyl groups is 1. The molecule has 0 saturated carbocycles. The Balaban J connectivity index is 1.70. The molecule has 0 radical (unpaired) electrons. The summed E-state index contributed by atoms with van der Waals surface area (Å²) >= 11 is 0. The Morgan fingerprint density at radius 1 is 1.18 bits per heavy atom. The molecule has 4 rings (SSSR count). The maximum Gasteiger partial charge on any atom is 0.258 e. The third-order valence-electron chi connectivity index (χ3n) is 4.75. The topological polar surface area (TPSA) is 99.1 Å². The molecule has 0 spiro atoms. The number of benzene rings is 2. The van der Waals surface area contributed by atoms with Crippen LogP contribution in [0.1, 0.15) is 19.4 Å². The van der Waals surface area contributed by atoms with Crippen LogP contribution in [0.2, 0.25) is 0 Å². The van der Waals surface area contributed by atoms with Crippen molar-refractivity contribution in [2.45, 2.75) is 26.3 Å². The highest BCUT2D eigenvalue weighted by molar-refractivity contribution is 5.80. The highest BCUT2D eigenvalue weighted by atomic mass is 16.5. The first-order valence-corrected chi connectivity index (χ1v) is 8.89. The molecule has 2 aromatic heterocycles. The maximum atomic E-state index is 9.60. The Morgan fingerprint density at radius 2 is 2.00 bits per heavy atom. The number of ether oxygens (including phenoxy) is 1. The quantitative estimate of drug-likeness (QED) is 0.568. The Kier molecular flexibility index (Phi) is 4.35. The zero-order valence-corrected chi connectivity index (χ0v) is 16.2. The fraction of sp³-hybridized carbons (Fsp3) is 0.300. The van der Waals surface area contributed by atoms with E-state index in [1.807, 2.05) is 57.2 Å². The van der Waals surface area contributed by atoms with Gasteiger partial charge in [-0.05, 0) is 62.7 Å². The molecule has 0 saturated heterocycles. The smallest absolute Gasteiger partial charge is 0.258 e. The van der Waals surface area contributed by atoms with Crippen LogP contribution < -0.4 is 4.74 Å². The summed E-state index contributed by atoms with van der Waals surface area (Å²) in [6.45, 7) is 5.73. The number of aromatic nitrogens is 5. The van der Waals surface area contributed by atoms with Crippen LogP contribution in [0.4, 0.5) is 0 Å². The summed E-state index contributed by atoms with van der Waals surface area (Å²) in [6.07, 6.45) is 0. The third kappa shape index (κ3) is 3.01. The van der Waals surface area contributed by atoms with E-state index < -0.39 is 5.54 Å². The van der Waals surface area contributed by atoms with Gasteiger partial charge in [0.15, 0.2) is 0 Å². The highest BCUT2D eigenvalue weighted by Crippen LogP contribution is 2.29. The fourth-order valence-electron chi connectivity index (χ4n) is 3.03. The van der Waals surface area contributed by atoms with Crippen molar-refractivity contribution in [1.82, 2.24) is 25.1 Å². The second-order valence-electron chi connectivity index (χ2n) is 7.28. The van der Waals surface area contributed by atoms with Crippen molar-refractivity contribution in [2.24, 2.45) is 0 Å². The van der Waals surface area contributed by atoms with E-state index in [-0.39, 0.29) is 6.61 Å². The van der Waals surface area contributed by atoms with E-state index in [4.69, 9.17) is 9.26 Å². The average Bonchev–Trinajstić information content (AvgIpc) is 3.34. The summed E-state index contributed by atoms with van der Waals surface area (Å²) in [5, 5.41) is 22.1. The van der Waals surface area contributed by atoms with Gasteiger partial charge in [-0.2, -0.15) is 4.98 Å². The molecular formula is C20H21N5O3. The lowest BCUT2D eigenvalue weighted by Crippen LogP contribution is -2.31. The monoisotopic (exact) mass is 379 g/mol. The van der Waals surface area contributed by atoms with E-state index in [9.17, 15) is 5.11 Å². The molecular weight excluding hydrogens is 358 g/mol. The van der Waals surface area contributed by atoms with Crippen molar-refractivity contribution in [3.63, 3.8) is 0 Å². The molecule has 8 nitrogen and oxygen atoms in total. The fourth-order valence-corrected chi connectivity index (χ4v) is 3.03. The summed E-state index contributed by atoms with van der Waals surface area (Å²) in [5.41, 5.74) is 3.61. The van der Waals surface area contributed by atoms with Gasteiger partial charge in [0.2, 0.25) is 5.82 Å². The van der Waals surface area contributed by atoms with E-state index in [1.54, 1.807) is 11.8 Å². The van der Waals surface area contributed by atoms with Crippen LogP contribution in [0.15, 0.2) is 40.9 Å². The number of hydrogen-bond donors (Lipinski definition) is 1. The molecule has 4 aromatic rings. The zero-order valence-electron chi connectivity index (χ0n) is 16.2. The molecule has 0 atom stereocenters. The predicted octanol–water partition coefficient (Wildman–Crippen LogP) is 3.19. The van der Waals surface area contributed by atoms with Gasteiger partial charge in [-0.3, -0.25) is 0 Å². The van der Waals surface area contributed by atoms with Crippen LogP contribution >= 0.6 is 0 Å². The van der Waals surface area contributed by atoms with E-state index in [2.05, 4.69) is 20.5 Å². The number of aliphatic hydroxyl groups excluding tert-OH is 1. The maximum absolute atomic E-state index is 9.60. The van der Waals surface area contributed by atoms with Crippen LogP contribution in [0.25, 0.3) is 33.9 Å². The van der Waals surface area contributed by atoms with Crippen molar-refractivity contribution in [1.29, 1.82) is 0 Å². The predicted molar refractivity (Wildman–Crippen MR) is 104 cm³/mol. The van der Waals surface area contributed by atoms with Crippen LogP contribution in [-0.2, 0) is 5.54 Å². The van der Waals surface area contributed by atoms with E-state index in [0.717, 1.165) is 28.0 Å². The van der Waals surface area contributed by atoms with Crippen molar-refractivity contribution < 1.29 is 14.4 Å². The molecule has 144 valence electrons. The molecule has 1 N–H and O–H groups in total. The lowest BCUT2D eigenvalue weighted by molar-refractivity contribution is 0.154. The summed E-state index contributed by atoms with van der Waals surface area (Å²) in [6, 6.07) is 11.3. The molecule has 0 aliphatic rings. The second-order valence-corrected chi connectivity index (χ2v) is 7.28. The van der Waals surface area contributed by atoms with Crippen molar-refractivity contribution in [3.8, 4) is 28.6 Å². The van der Waals surface area contributed by atoms with Gasteiger partial charge in [-0.15, -0.1) is 5.10 Å². The van der Waals surface area contributed by atoms with Gasteiger partial charge in [0, 0.05) is 11.1 Å². The van der Waals surface area contributed by atoms with Crippen LogP contribution in [-0.4, -0.2) is 44.0 Å². The standard InChI is InChI=1S/C20H21N5O3/c1-12-9-14(27-4)6-7-15(12)19-21-18(23-28-19)13-5-8-17-16(10-13)22-24-25(17)20(2,3)11-26/h5-10,26H,11H2,1-4H3. The molecule has 0 aliphatic heterocycles. The summed E-state index contributed by atoms with van der Waals surface area (Å²) < 4.78 is 12.4. The third-order valence-corrected chi connectivity index (χ3v) is 4.75. The SMILES string of the molecule is COc1ccc(-c2nc(-c3ccc4c(c3)nnn4C(C)(C)CO)no2)c(C)c1. The van der Waals surface area contributed by atoms with Gasteiger partial charge >= 0.3 is 0 Å². The van der Waals surface area contributed by atoms with Crippen LogP contribution in [0.5, 0.6) is 5.75 Å². The van der Waals surface area contributed by atoms with Gasteiger partial charge in [0.25, 0.3) is 5.89 Å². The van der Waals surface area contributed by atoms with Gasteiger partial charge in [-0.25, -0.2) is 4.68 Å². The molecule has 2 heterocycles. The summed E-state index contributed by atoms with van der Waals surface area (Å²) in [7, 11) is 1.63. The van der Waals surface area contributed by atoms with Gasteiger partial charge < -0.3 is 14.4 Å². The lowest BCUT2D eigenvalue weighted by Gasteiger charge is -2.22. The molecule has 8 heteroatoms. The number of methoxy groups -OCH3 is 1. The van der Waals surface area contributed by atoms with Gasteiger partial charge in [0.1, 0.15) is 11.3 Å². The number of rotatable bonds is 5. The minimum Gasteiger partial charge on any atom is -0.497 e. The molecule has 0 fully saturated rings. The minimum atomic E-state index is -0.540. The van der Waals surface area contributed by atoms with E-state index in [0.29, 0.717) is 17.2 Å². The Hall–Kier alpha value is -3.26. The average molecular weight is 379 g/mol. The van der Waals surface area contributed by atoms with Crippen molar-refractivity contribution in [3.05, 3.63) is 42.0 Å². The van der Waals surface area contributed by atoms with Crippen LogP contribution in [0.3, 0.4) is 0 Å². The zero-order chi connectivity index (χ0) is 19.9. The Bertz CT molecular complexity index is 1150. The molecule has 0 unspecified atom stereocenters. The van der Waals surface area contributed by atoms with Crippen molar-refractivity contribution in [2.75, 3.05) is 13.7 Å². The second kappa shape index (κ2) is 6.72. The summed E-state index contributed by atoms with van der Waals surface area (Å²) in [5.74, 6) is 1.70. The number of hydrogen-bond acceptors (Lipinski definition) is 7. The first kappa shape index (κ1) is 18.1. The summed E-state index contributed by atoms with van der Waals surface area (Å²) in [4.78, 5) is 4.53.